The minimum absolute atomic E-state index is 0.206. The number of nitrogens with zero attached hydrogens (tertiary/aromatic N) is 2. The van der Waals surface area contributed by atoms with Gasteiger partial charge in [-0.05, 0) is 5.56 Å². The Morgan fingerprint density at radius 3 is 2.59 bits per heavy atom. The Morgan fingerprint density at radius 1 is 1.41 bits per heavy atom. The lowest BCUT2D eigenvalue weighted by atomic mass is 10.0. The Morgan fingerprint density at radius 2 is 2.06 bits per heavy atom. The first-order valence-corrected chi connectivity index (χ1v) is 4.88. The molecule has 2 N–H and O–H groups in total. The summed E-state index contributed by atoms with van der Waals surface area (Å²) in [4.78, 5) is 24.6. The molecular weight excluding hydrogens is 222 g/mol. The molecule has 0 fully saturated rings. The number of Topliss-reactive ketones (excluding diaryl/α,β-unsaturated/α-hetero) is 1. The van der Waals surface area contributed by atoms with Crippen LogP contribution in [0.3, 0.4) is 0 Å². The van der Waals surface area contributed by atoms with E-state index in [1.54, 1.807) is 24.3 Å². The molecule has 0 aliphatic carbocycles. The Labute approximate surface area is 97.5 Å². The molecule has 0 unspecified atom stereocenters. The van der Waals surface area contributed by atoms with Crippen molar-refractivity contribution < 1.29 is 19.5 Å². The SMILES string of the molecule is [N-]=[N+]=CC(=O)[C@H](Cc1ccccc1)NC(=O)O. The summed E-state index contributed by atoms with van der Waals surface area (Å²) in [6.07, 6.45) is -0.410. The zero-order valence-electron chi connectivity index (χ0n) is 8.91. The van der Waals surface area contributed by atoms with Crippen molar-refractivity contribution in [3.63, 3.8) is 0 Å². The normalized spacial score (nSPS) is 11.1. The molecule has 1 atom stereocenters. The summed E-state index contributed by atoms with van der Waals surface area (Å²) in [5.74, 6) is -0.598. The van der Waals surface area contributed by atoms with Gasteiger partial charge in [-0.3, -0.25) is 4.79 Å². The lowest BCUT2D eigenvalue weighted by Gasteiger charge is -2.11. The van der Waals surface area contributed by atoms with E-state index in [9.17, 15) is 9.59 Å². The van der Waals surface area contributed by atoms with Gasteiger partial charge in [0.1, 0.15) is 6.04 Å². The number of carbonyl (C=O) groups excluding carboxylic acids is 1. The van der Waals surface area contributed by atoms with Crippen LogP contribution in [0.4, 0.5) is 4.79 Å². The highest BCUT2D eigenvalue weighted by Crippen LogP contribution is 2.03. The van der Waals surface area contributed by atoms with Gasteiger partial charge in [-0.2, -0.15) is 4.79 Å². The second kappa shape index (κ2) is 6.19. The van der Waals surface area contributed by atoms with Crippen LogP contribution < -0.4 is 5.32 Å². The second-order valence-corrected chi connectivity index (χ2v) is 3.34. The molecule has 0 saturated heterocycles. The number of amides is 1. The van der Waals surface area contributed by atoms with Crippen molar-refractivity contribution in [1.29, 1.82) is 0 Å². The van der Waals surface area contributed by atoms with Gasteiger partial charge < -0.3 is 16.0 Å². The van der Waals surface area contributed by atoms with Crippen LogP contribution in [0.1, 0.15) is 5.56 Å². The van der Waals surface area contributed by atoms with Gasteiger partial charge in [-0.15, -0.1) is 0 Å². The molecule has 6 heteroatoms. The predicted octanol–water partition coefficient (Wildman–Crippen LogP) is 0.735. The maximum atomic E-state index is 11.4. The van der Waals surface area contributed by atoms with Crippen molar-refractivity contribution in [1.82, 2.24) is 5.32 Å². The average Bonchev–Trinajstić information content (AvgIpc) is 2.29. The number of carboxylic acid groups (broad SMARTS) is 1. The molecule has 1 aromatic rings. The summed E-state index contributed by atoms with van der Waals surface area (Å²) in [6, 6.07) is 8.00. The van der Waals surface area contributed by atoms with Crippen molar-refractivity contribution in [3.8, 4) is 0 Å². The number of benzene rings is 1. The Kier molecular flexibility index (Phi) is 4.59. The van der Waals surface area contributed by atoms with Crippen LogP contribution in [-0.2, 0) is 11.2 Å². The fourth-order valence-corrected chi connectivity index (χ4v) is 1.37. The lowest BCUT2D eigenvalue weighted by molar-refractivity contribution is -0.117. The Bertz CT molecular complexity index is 452. The standard InChI is InChI=1S/C11H11N3O3/c12-13-7-10(15)9(14-11(16)17)6-8-4-2-1-3-5-8/h1-5,7,9,14H,6H2,(H,16,17)/t9-/m0/s1. The summed E-state index contributed by atoms with van der Waals surface area (Å²) >= 11 is 0. The molecule has 0 radical (unpaired) electrons. The molecule has 0 aliphatic rings. The number of nitrogens with one attached hydrogen (secondary N) is 1. The molecule has 1 amide bonds. The molecule has 0 aromatic heterocycles. The molecule has 1 aromatic carbocycles. The van der Waals surface area contributed by atoms with Crippen LogP contribution in [0.25, 0.3) is 5.53 Å². The van der Waals surface area contributed by atoms with Crippen LogP contribution in [-0.4, -0.2) is 34.0 Å². The fourth-order valence-electron chi connectivity index (χ4n) is 1.37. The van der Waals surface area contributed by atoms with E-state index in [-0.39, 0.29) is 6.42 Å². The fraction of sp³-hybridized carbons (Fsp3) is 0.182. The molecule has 17 heavy (non-hydrogen) atoms. The first kappa shape index (κ1) is 12.6. The van der Waals surface area contributed by atoms with E-state index in [2.05, 4.69) is 10.1 Å². The minimum atomic E-state index is -1.30. The zero-order chi connectivity index (χ0) is 12.7. The van der Waals surface area contributed by atoms with E-state index in [0.29, 0.717) is 6.21 Å². The van der Waals surface area contributed by atoms with Gasteiger partial charge in [0.25, 0.3) is 5.78 Å². The van der Waals surface area contributed by atoms with E-state index in [1.807, 2.05) is 6.07 Å². The third-order valence-corrected chi connectivity index (χ3v) is 2.11. The first-order valence-electron chi connectivity index (χ1n) is 4.88. The zero-order valence-corrected chi connectivity index (χ0v) is 8.91. The predicted molar refractivity (Wildman–Crippen MR) is 59.8 cm³/mol. The van der Waals surface area contributed by atoms with Gasteiger partial charge in [0.2, 0.25) is 0 Å². The first-order chi connectivity index (χ1) is 8.13. The monoisotopic (exact) mass is 233 g/mol. The molecule has 0 saturated carbocycles. The molecule has 6 nitrogen and oxygen atoms in total. The maximum Gasteiger partial charge on any atom is 0.405 e. The van der Waals surface area contributed by atoms with Crippen LogP contribution in [0.2, 0.25) is 0 Å². The van der Waals surface area contributed by atoms with E-state index in [4.69, 9.17) is 10.6 Å². The number of rotatable bonds is 5. The van der Waals surface area contributed by atoms with E-state index in [1.165, 1.54) is 0 Å². The highest BCUT2D eigenvalue weighted by Gasteiger charge is 2.22. The van der Waals surface area contributed by atoms with E-state index in [0.717, 1.165) is 5.56 Å². The van der Waals surface area contributed by atoms with Crippen LogP contribution in [0.5, 0.6) is 0 Å². The van der Waals surface area contributed by atoms with Gasteiger partial charge >= 0.3 is 12.3 Å². The minimum Gasteiger partial charge on any atom is -0.465 e. The van der Waals surface area contributed by atoms with E-state index >= 15 is 0 Å². The van der Waals surface area contributed by atoms with Crippen molar-refractivity contribution in [2.45, 2.75) is 12.5 Å². The highest BCUT2D eigenvalue weighted by molar-refractivity contribution is 6.28. The van der Waals surface area contributed by atoms with Crippen molar-refractivity contribution in [2.24, 2.45) is 0 Å². The molecular formula is C11H11N3O3. The Balaban J connectivity index is 2.80. The van der Waals surface area contributed by atoms with Gasteiger partial charge in [-0.25, -0.2) is 4.79 Å². The molecule has 1 rings (SSSR count). The summed E-state index contributed by atoms with van der Waals surface area (Å²) in [5.41, 5.74) is 9.07. The molecule has 88 valence electrons. The second-order valence-electron chi connectivity index (χ2n) is 3.34. The highest BCUT2D eigenvalue weighted by atomic mass is 16.4. The van der Waals surface area contributed by atoms with E-state index < -0.39 is 17.9 Å². The summed E-state index contributed by atoms with van der Waals surface area (Å²) in [7, 11) is 0. The van der Waals surface area contributed by atoms with Gasteiger partial charge in [0.15, 0.2) is 0 Å². The van der Waals surface area contributed by atoms with Crippen LogP contribution >= 0.6 is 0 Å². The quantitative estimate of drug-likeness (QED) is 0.445. The van der Waals surface area contributed by atoms with Gasteiger partial charge in [-0.1, -0.05) is 30.3 Å². The number of ketones is 1. The number of hydrogen-bond donors (Lipinski definition) is 2. The number of hydrogen-bond acceptors (Lipinski definition) is 2. The van der Waals surface area contributed by atoms with Crippen molar-refractivity contribution in [3.05, 3.63) is 41.4 Å². The van der Waals surface area contributed by atoms with Crippen molar-refractivity contribution >= 4 is 18.1 Å². The lowest BCUT2D eigenvalue weighted by Crippen LogP contribution is -2.42. The largest absolute Gasteiger partial charge is 0.465 e. The van der Waals surface area contributed by atoms with Gasteiger partial charge in [0.05, 0.1) is 0 Å². The molecule has 0 aliphatic heterocycles. The number of carbonyl (C=O) groups is 2. The molecule has 0 heterocycles. The summed E-state index contributed by atoms with van der Waals surface area (Å²) in [5, 5.41) is 10.7. The Hall–Kier alpha value is -2.46. The smallest absolute Gasteiger partial charge is 0.405 e. The maximum absolute atomic E-state index is 11.4. The van der Waals surface area contributed by atoms with Crippen molar-refractivity contribution in [2.75, 3.05) is 0 Å². The summed E-state index contributed by atoms with van der Waals surface area (Å²) < 4.78 is 0. The molecule has 0 spiro atoms. The summed E-state index contributed by atoms with van der Waals surface area (Å²) in [6.45, 7) is 0. The topological polar surface area (TPSA) is 103 Å². The molecule has 0 bridgehead atoms. The average molecular weight is 233 g/mol. The van der Waals surface area contributed by atoms with Crippen LogP contribution in [0.15, 0.2) is 30.3 Å². The van der Waals surface area contributed by atoms with Gasteiger partial charge in [0, 0.05) is 6.42 Å². The third-order valence-electron chi connectivity index (χ3n) is 2.11. The third kappa shape index (κ3) is 4.27. The van der Waals surface area contributed by atoms with Crippen LogP contribution in [0, 0.1) is 0 Å².